The minimum Gasteiger partial charge on any atom is -0.478 e. The Morgan fingerprint density at radius 1 is 1.47 bits per heavy atom. The van der Waals surface area contributed by atoms with Crippen LogP contribution in [0.3, 0.4) is 0 Å². The summed E-state index contributed by atoms with van der Waals surface area (Å²) in [6.07, 6.45) is 0.996. The molecular formula is C12H15N3O2. The lowest BCUT2D eigenvalue weighted by Gasteiger charge is -2.04. The molecule has 5 heteroatoms. The largest absolute Gasteiger partial charge is 0.478 e. The smallest absolute Gasteiger partial charge is 0.338 e. The Morgan fingerprint density at radius 2 is 2.24 bits per heavy atom. The maximum Gasteiger partial charge on any atom is 0.338 e. The van der Waals surface area contributed by atoms with E-state index in [1.54, 1.807) is 16.8 Å². The standard InChI is InChI=1S/C12H15N3O2/c1-8(2)6-7-15-10-5-3-4-9(12(16)17)11(10)13-14-15/h3-5,8H,6-7H2,1-2H3,(H,16,17). The van der Waals surface area contributed by atoms with Crippen molar-refractivity contribution in [1.82, 2.24) is 15.0 Å². The molecule has 5 nitrogen and oxygen atoms in total. The first-order chi connectivity index (χ1) is 8.09. The number of carboxylic acids is 1. The number of hydrogen-bond acceptors (Lipinski definition) is 3. The normalized spacial score (nSPS) is 11.2. The first kappa shape index (κ1) is 11.6. The molecule has 0 fully saturated rings. The average Bonchev–Trinajstić information content (AvgIpc) is 2.68. The maximum atomic E-state index is 11.0. The number of carboxylic acid groups (broad SMARTS) is 1. The summed E-state index contributed by atoms with van der Waals surface area (Å²) in [4.78, 5) is 11.0. The van der Waals surface area contributed by atoms with Gasteiger partial charge in [-0.3, -0.25) is 0 Å². The van der Waals surface area contributed by atoms with Gasteiger partial charge in [0.1, 0.15) is 5.52 Å². The van der Waals surface area contributed by atoms with Crippen molar-refractivity contribution in [2.75, 3.05) is 0 Å². The Balaban J connectivity index is 2.40. The highest BCUT2D eigenvalue weighted by atomic mass is 16.4. The summed E-state index contributed by atoms with van der Waals surface area (Å²) in [5, 5.41) is 17.0. The lowest BCUT2D eigenvalue weighted by Crippen LogP contribution is -2.03. The second-order valence-electron chi connectivity index (χ2n) is 4.47. The van der Waals surface area contributed by atoms with Gasteiger partial charge in [0, 0.05) is 6.54 Å². The number of fused-ring (bicyclic) bond motifs is 1. The van der Waals surface area contributed by atoms with Crippen LogP contribution in [-0.4, -0.2) is 26.1 Å². The lowest BCUT2D eigenvalue weighted by molar-refractivity contribution is 0.0699. The second kappa shape index (κ2) is 4.53. The number of benzene rings is 1. The van der Waals surface area contributed by atoms with Crippen LogP contribution in [0.15, 0.2) is 18.2 Å². The van der Waals surface area contributed by atoms with Crippen molar-refractivity contribution in [1.29, 1.82) is 0 Å². The molecule has 17 heavy (non-hydrogen) atoms. The van der Waals surface area contributed by atoms with E-state index >= 15 is 0 Å². The van der Waals surface area contributed by atoms with Gasteiger partial charge in [-0.05, 0) is 24.5 Å². The molecule has 1 heterocycles. The van der Waals surface area contributed by atoms with Gasteiger partial charge in [-0.25, -0.2) is 9.48 Å². The van der Waals surface area contributed by atoms with Gasteiger partial charge >= 0.3 is 5.97 Å². The SMILES string of the molecule is CC(C)CCn1nnc2c(C(=O)O)cccc21. The highest BCUT2D eigenvalue weighted by Gasteiger charge is 2.13. The number of hydrogen-bond donors (Lipinski definition) is 1. The van der Waals surface area contributed by atoms with Crippen molar-refractivity contribution < 1.29 is 9.90 Å². The van der Waals surface area contributed by atoms with Gasteiger partial charge in [0.15, 0.2) is 0 Å². The maximum absolute atomic E-state index is 11.0. The first-order valence-corrected chi connectivity index (χ1v) is 5.65. The predicted molar refractivity (Wildman–Crippen MR) is 63.9 cm³/mol. The van der Waals surface area contributed by atoms with E-state index in [-0.39, 0.29) is 5.56 Å². The number of aryl methyl sites for hydroxylation is 1. The minimum atomic E-state index is -0.966. The van der Waals surface area contributed by atoms with Crippen LogP contribution in [0.4, 0.5) is 0 Å². The van der Waals surface area contributed by atoms with Crippen LogP contribution in [0, 0.1) is 5.92 Å². The predicted octanol–water partition coefficient (Wildman–Crippen LogP) is 2.18. The van der Waals surface area contributed by atoms with Gasteiger partial charge in [0.2, 0.25) is 0 Å². The molecule has 0 bridgehead atoms. The van der Waals surface area contributed by atoms with Gasteiger partial charge in [-0.15, -0.1) is 5.10 Å². The number of aromatic carboxylic acids is 1. The van der Waals surface area contributed by atoms with E-state index in [4.69, 9.17) is 5.11 Å². The van der Waals surface area contributed by atoms with E-state index in [0.29, 0.717) is 11.4 Å². The van der Waals surface area contributed by atoms with Crippen LogP contribution < -0.4 is 0 Å². The molecule has 0 aliphatic heterocycles. The molecule has 1 aromatic heterocycles. The Labute approximate surface area is 99.1 Å². The summed E-state index contributed by atoms with van der Waals surface area (Å²) in [5.41, 5.74) is 1.45. The van der Waals surface area contributed by atoms with Gasteiger partial charge in [-0.2, -0.15) is 0 Å². The van der Waals surface area contributed by atoms with E-state index in [1.165, 1.54) is 0 Å². The zero-order valence-electron chi connectivity index (χ0n) is 9.92. The third kappa shape index (κ3) is 2.27. The quantitative estimate of drug-likeness (QED) is 0.878. The van der Waals surface area contributed by atoms with E-state index in [1.807, 2.05) is 6.07 Å². The van der Waals surface area contributed by atoms with E-state index in [9.17, 15) is 4.79 Å². The van der Waals surface area contributed by atoms with Crippen molar-refractivity contribution in [3.8, 4) is 0 Å². The van der Waals surface area contributed by atoms with Crippen molar-refractivity contribution in [3.05, 3.63) is 23.8 Å². The summed E-state index contributed by atoms with van der Waals surface area (Å²) in [7, 11) is 0. The van der Waals surface area contributed by atoms with Crippen LogP contribution in [0.1, 0.15) is 30.6 Å². The first-order valence-electron chi connectivity index (χ1n) is 5.65. The van der Waals surface area contributed by atoms with Crippen LogP contribution in [0.25, 0.3) is 11.0 Å². The molecule has 0 saturated heterocycles. The Hall–Kier alpha value is -1.91. The average molecular weight is 233 g/mol. The summed E-state index contributed by atoms with van der Waals surface area (Å²) in [6, 6.07) is 5.12. The number of nitrogens with zero attached hydrogens (tertiary/aromatic N) is 3. The molecule has 0 radical (unpaired) electrons. The third-order valence-corrected chi connectivity index (χ3v) is 2.69. The van der Waals surface area contributed by atoms with E-state index in [2.05, 4.69) is 24.2 Å². The third-order valence-electron chi connectivity index (χ3n) is 2.69. The molecule has 2 rings (SSSR count). The molecule has 0 amide bonds. The fourth-order valence-electron chi connectivity index (χ4n) is 1.71. The van der Waals surface area contributed by atoms with Crippen LogP contribution in [0.2, 0.25) is 0 Å². The molecular weight excluding hydrogens is 218 g/mol. The molecule has 1 aromatic carbocycles. The second-order valence-corrected chi connectivity index (χ2v) is 4.47. The van der Waals surface area contributed by atoms with Gasteiger partial charge in [-0.1, -0.05) is 25.1 Å². The molecule has 0 saturated carbocycles. The van der Waals surface area contributed by atoms with Crippen LogP contribution >= 0.6 is 0 Å². The molecule has 0 aliphatic carbocycles. The number of carbonyl (C=O) groups is 1. The summed E-state index contributed by atoms with van der Waals surface area (Å²) in [5.74, 6) is -0.386. The lowest BCUT2D eigenvalue weighted by atomic mass is 10.1. The molecule has 1 N–H and O–H groups in total. The Bertz CT molecular complexity index is 546. The van der Waals surface area contributed by atoms with Crippen molar-refractivity contribution >= 4 is 17.0 Å². The molecule has 0 spiro atoms. The minimum absolute atomic E-state index is 0.207. The molecule has 0 unspecified atom stereocenters. The zero-order chi connectivity index (χ0) is 12.4. The Morgan fingerprint density at radius 3 is 2.88 bits per heavy atom. The van der Waals surface area contributed by atoms with Crippen molar-refractivity contribution in [3.63, 3.8) is 0 Å². The van der Waals surface area contributed by atoms with E-state index < -0.39 is 5.97 Å². The fraction of sp³-hybridized carbons (Fsp3) is 0.417. The summed E-state index contributed by atoms with van der Waals surface area (Å²) >= 11 is 0. The topological polar surface area (TPSA) is 68.0 Å². The van der Waals surface area contributed by atoms with Crippen LogP contribution in [0.5, 0.6) is 0 Å². The molecule has 2 aromatic rings. The number of rotatable bonds is 4. The van der Waals surface area contributed by atoms with Crippen molar-refractivity contribution in [2.24, 2.45) is 5.92 Å². The molecule has 0 aliphatic rings. The fourth-order valence-corrected chi connectivity index (χ4v) is 1.71. The van der Waals surface area contributed by atoms with Gasteiger partial charge in [0.25, 0.3) is 0 Å². The molecule has 0 atom stereocenters. The summed E-state index contributed by atoms with van der Waals surface area (Å²) < 4.78 is 1.77. The summed E-state index contributed by atoms with van der Waals surface area (Å²) in [6.45, 7) is 5.04. The molecule has 90 valence electrons. The highest BCUT2D eigenvalue weighted by Crippen LogP contribution is 2.17. The monoisotopic (exact) mass is 233 g/mol. The highest BCUT2D eigenvalue weighted by molar-refractivity contribution is 6.00. The van der Waals surface area contributed by atoms with Gasteiger partial charge < -0.3 is 5.11 Å². The Kier molecular flexibility index (Phi) is 3.08. The number of aromatic nitrogens is 3. The van der Waals surface area contributed by atoms with Crippen LogP contribution in [-0.2, 0) is 6.54 Å². The van der Waals surface area contributed by atoms with E-state index in [0.717, 1.165) is 18.5 Å². The van der Waals surface area contributed by atoms with Crippen molar-refractivity contribution in [2.45, 2.75) is 26.8 Å². The zero-order valence-corrected chi connectivity index (χ0v) is 9.92. The van der Waals surface area contributed by atoms with Gasteiger partial charge in [0.05, 0.1) is 11.1 Å².